The molecule has 1 aliphatic heterocycles. The Morgan fingerprint density at radius 3 is 2.77 bits per heavy atom. The van der Waals surface area contributed by atoms with Gasteiger partial charge in [-0.3, -0.25) is 0 Å². The average Bonchev–Trinajstić information content (AvgIpc) is 2.68. The molecule has 0 radical (unpaired) electrons. The van der Waals surface area contributed by atoms with Crippen LogP contribution in [0.5, 0.6) is 11.5 Å². The SMILES string of the molecule is CCOC(=O)c1cccc(NC(=S)NC2CC(C)(C)Oc3cc(OC)ccc32)c1C. The lowest BCUT2D eigenvalue weighted by Gasteiger charge is -2.38. The predicted octanol–water partition coefficient (Wildman–Crippen LogP) is 4.77. The van der Waals surface area contributed by atoms with Crippen molar-refractivity contribution in [2.75, 3.05) is 19.0 Å². The van der Waals surface area contributed by atoms with Crippen LogP contribution in [0.25, 0.3) is 0 Å². The zero-order chi connectivity index (χ0) is 21.9. The lowest BCUT2D eigenvalue weighted by Crippen LogP contribution is -2.42. The van der Waals surface area contributed by atoms with Crippen molar-refractivity contribution in [1.29, 1.82) is 0 Å². The molecular formula is C23H28N2O4S. The third-order valence-corrected chi connectivity index (χ3v) is 5.28. The Morgan fingerprint density at radius 2 is 2.07 bits per heavy atom. The van der Waals surface area contributed by atoms with Crippen molar-refractivity contribution in [2.45, 2.75) is 45.8 Å². The van der Waals surface area contributed by atoms with E-state index in [0.29, 0.717) is 17.3 Å². The molecule has 0 bridgehead atoms. The van der Waals surface area contributed by atoms with Crippen LogP contribution in [0.3, 0.4) is 0 Å². The quantitative estimate of drug-likeness (QED) is 0.525. The van der Waals surface area contributed by atoms with Gasteiger partial charge in [0.05, 0.1) is 25.3 Å². The number of rotatable bonds is 5. The second-order valence-corrected chi connectivity index (χ2v) is 8.23. The summed E-state index contributed by atoms with van der Waals surface area (Å²) in [6.45, 7) is 8.09. The second-order valence-electron chi connectivity index (χ2n) is 7.82. The molecule has 6 nitrogen and oxygen atoms in total. The standard InChI is InChI=1S/C23H28N2O4S/c1-6-28-21(26)16-8-7-9-18(14(16)2)24-22(30)25-19-13-23(3,4)29-20-12-15(27-5)10-11-17(19)20/h7-12,19H,6,13H2,1-5H3,(H2,24,25,30). The number of benzene rings is 2. The van der Waals surface area contributed by atoms with Gasteiger partial charge in [-0.1, -0.05) is 6.07 Å². The highest BCUT2D eigenvalue weighted by molar-refractivity contribution is 7.80. The summed E-state index contributed by atoms with van der Waals surface area (Å²) in [6.07, 6.45) is 0.746. The van der Waals surface area contributed by atoms with Gasteiger partial charge in [0, 0.05) is 23.7 Å². The Bertz CT molecular complexity index is 958. The van der Waals surface area contributed by atoms with Crippen molar-refractivity contribution in [3.05, 3.63) is 53.1 Å². The highest BCUT2D eigenvalue weighted by Crippen LogP contribution is 2.41. The fourth-order valence-electron chi connectivity index (χ4n) is 3.61. The molecule has 30 heavy (non-hydrogen) atoms. The zero-order valence-corrected chi connectivity index (χ0v) is 18.8. The first-order valence-electron chi connectivity index (χ1n) is 9.95. The van der Waals surface area contributed by atoms with E-state index in [-0.39, 0.29) is 17.6 Å². The van der Waals surface area contributed by atoms with Gasteiger partial charge < -0.3 is 24.8 Å². The summed E-state index contributed by atoms with van der Waals surface area (Å²) in [5.41, 5.74) is 2.74. The number of carbonyl (C=O) groups excluding carboxylic acids is 1. The highest BCUT2D eigenvalue weighted by Gasteiger charge is 2.34. The Hall–Kier alpha value is -2.80. The molecule has 2 aromatic rings. The van der Waals surface area contributed by atoms with Gasteiger partial charge in [-0.25, -0.2) is 4.79 Å². The Kier molecular flexibility index (Phi) is 6.51. The molecule has 7 heteroatoms. The number of ether oxygens (including phenoxy) is 3. The van der Waals surface area contributed by atoms with E-state index in [1.165, 1.54) is 0 Å². The van der Waals surface area contributed by atoms with Crippen LogP contribution in [-0.4, -0.2) is 30.4 Å². The molecule has 0 fully saturated rings. The van der Waals surface area contributed by atoms with Crippen LogP contribution in [0.2, 0.25) is 0 Å². The maximum atomic E-state index is 12.2. The summed E-state index contributed by atoms with van der Waals surface area (Å²) < 4.78 is 16.6. The first-order chi connectivity index (χ1) is 14.2. The number of hydrogen-bond donors (Lipinski definition) is 2. The van der Waals surface area contributed by atoms with E-state index in [2.05, 4.69) is 10.6 Å². The van der Waals surface area contributed by atoms with Gasteiger partial charge in [0.15, 0.2) is 5.11 Å². The van der Waals surface area contributed by atoms with Crippen LogP contribution < -0.4 is 20.1 Å². The number of methoxy groups -OCH3 is 1. The topological polar surface area (TPSA) is 68.8 Å². The minimum Gasteiger partial charge on any atom is -0.497 e. The van der Waals surface area contributed by atoms with E-state index >= 15 is 0 Å². The van der Waals surface area contributed by atoms with E-state index < -0.39 is 0 Å². The molecule has 0 saturated carbocycles. The monoisotopic (exact) mass is 428 g/mol. The summed E-state index contributed by atoms with van der Waals surface area (Å²) in [4.78, 5) is 12.2. The van der Waals surface area contributed by atoms with Crippen LogP contribution >= 0.6 is 12.2 Å². The van der Waals surface area contributed by atoms with Crippen molar-refractivity contribution < 1.29 is 19.0 Å². The lowest BCUT2D eigenvalue weighted by atomic mass is 9.89. The summed E-state index contributed by atoms with van der Waals surface area (Å²) in [5.74, 6) is 1.19. The molecule has 1 aliphatic rings. The van der Waals surface area contributed by atoms with Crippen molar-refractivity contribution >= 4 is 29.0 Å². The molecule has 0 aromatic heterocycles. The summed E-state index contributed by atoms with van der Waals surface area (Å²) in [6, 6.07) is 11.2. The number of nitrogens with one attached hydrogen (secondary N) is 2. The zero-order valence-electron chi connectivity index (χ0n) is 18.0. The molecule has 160 valence electrons. The maximum absolute atomic E-state index is 12.2. The molecule has 0 aliphatic carbocycles. The van der Waals surface area contributed by atoms with Crippen molar-refractivity contribution in [3.8, 4) is 11.5 Å². The van der Waals surface area contributed by atoms with Crippen LogP contribution in [-0.2, 0) is 4.74 Å². The van der Waals surface area contributed by atoms with Crippen LogP contribution in [0.15, 0.2) is 36.4 Å². The van der Waals surface area contributed by atoms with Gasteiger partial charge in [0.2, 0.25) is 0 Å². The Morgan fingerprint density at radius 1 is 1.30 bits per heavy atom. The van der Waals surface area contributed by atoms with E-state index in [1.807, 2.05) is 51.1 Å². The van der Waals surface area contributed by atoms with Crippen LogP contribution in [0.1, 0.15) is 54.7 Å². The molecule has 0 saturated heterocycles. The van der Waals surface area contributed by atoms with Gasteiger partial charge in [-0.2, -0.15) is 0 Å². The van der Waals surface area contributed by atoms with Crippen molar-refractivity contribution in [1.82, 2.24) is 5.32 Å². The van der Waals surface area contributed by atoms with Crippen LogP contribution in [0.4, 0.5) is 5.69 Å². The van der Waals surface area contributed by atoms with Gasteiger partial charge in [-0.05, 0) is 69.7 Å². The molecule has 3 rings (SSSR count). The summed E-state index contributed by atoms with van der Waals surface area (Å²) >= 11 is 5.59. The van der Waals surface area contributed by atoms with Gasteiger partial charge in [0.1, 0.15) is 17.1 Å². The number of carbonyl (C=O) groups is 1. The predicted molar refractivity (Wildman–Crippen MR) is 122 cm³/mol. The largest absolute Gasteiger partial charge is 0.497 e. The maximum Gasteiger partial charge on any atom is 0.338 e. The number of thiocarbonyl (C=S) groups is 1. The van der Waals surface area contributed by atoms with E-state index in [0.717, 1.165) is 34.7 Å². The lowest BCUT2D eigenvalue weighted by molar-refractivity contribution is 0.0525. The molecule has 2 N–H and O–H groups in total. The minimum absolute atomic E-state index is 0.0248. The Labute approximate surface area is 182 Å². The van der Waals surface area contributed by atoms with Gasteiger partial charge in [0.25, 0.3) is 0 Å². The van der Waals surface area contributed by atoms with Crippen LogP contribution in [0, 0.1) is 6.92 Å². The van der Waals surface area contributed by atoms with E-state index in [1.54, 1.807) is 20.1 Å². The number of esters is 1. The molecule has 1 heterocycles. The van der Waals surface area contributed by atoms with Gasteiger partial charge >= 0.3 is 5.97 Å². The van der Waals surface area contributed by atoms with E-state index in [9.17, 15) is 4.79 Å². The molecule has 0 spiro atoms. The third-order valence-electron chi connectivity index (χ3n) is 5.06. The Balaban J connectivity index is 1.79. The smallest absolute Gasteiger partial charge is 0.338 e. The highest BCUT2D eigenvalue weighted by atomic mass is 32.1. The summed E-state index contributed by atoms with van der Waals surface area (Å²) in [7, 11) is 1.64. The number of fused-ring (bicyclic) bond motifs is 1. The third kappa shape index (κ3) is 4.84. The number of hydrogen-bond acceptors (Lipinski definition) is 5. The van der Waals surface area contributed by atoms with Crippen molar-refractivity contribution in [3.63, 3.8) is 0 Å². The fraction of sp³-hybridized carbons (Fsp3) is 0.391. The molecule has 0 amide bonds. The summed E-state index contributed by atoms with van der Waals surface area (Å²) in [5, 5.41) is 7.10. The molecule has 2 aromatic carbocycles. The fourth-order valence-corrected chi connectivity index (χ4v) is 3.86. The molecule has 1 atom stereocenters. The van der Waals surface area contributed by atoms with E-state index in [4.69, 9.17) is 26.4 Å². The van der Waals surface area contributed by atoms with Gasteiger partial charge in [-0.15, -0.1) is 0 Å². The molecule has 1 unspecified atom stereocenters. The number of anilines is 1. The minimum atomic E-state index is -0.355. The average molecular weight is 429 g/mol. The molecular weight excluding hydrogens is 400 g/mol. The van der Waals surface area contributed by atoms with Crippen molar-refractivity contribution in [2.24, 2.45) is 0 Å². The first kappa shape index (κ1) is 21.9. The normalized spacial score (nSPS) is 16.6. The second kappa shape index (κ2) is 8.92. The first-order valence-corrected chi connectivity index (χ1v) is 10.4.